The van der Waals surface area contributed by atoms with Crippen LogP contribution in [-0.2, 0) is 7.05 Å². The first-order valence-electron chi connectivity index (χ1n) is 6.29. The standard InChI is InChI=1S/C14H17ClN4O2/c1-7-5-10(11(21-4)6-9(7)15)17-14(20)13-12(16)8(2)18-19(13)3/h5-6H,16H2,1-4H3,(H,17,20). The number of aryl methyl sites for hydroxylation is 3. The van der Waals surface area contributed by atoms with Gasteiger partial charge in [0.2, 0.25) is 0 Å². The molecule has 0 aliphatic carbocycles. The summed E-state index contributed by atoms with van der Waals surface area (Å²) in [5.74, 6) is 0.132. The summed E-state index contributed by atoms with van der Waals surface area (Å²) >= 11 is 6.05. The van der Waals surface area contributed by atoms with Gasteiger partial charge in [0.05, 0.1) is 24.2 Å². The molecule has 6 nitrogen and oxygen atoms in total. The number of nitrogen functional groups attached to an aromatic ring is 1. The quantitative estimate of drug-likeness (QED) is 0.913. The molecule has 3 N–H and O–H groups in total. The highest BCUT2D eigenvalue weighted by atomic mass is 35.5. The van der Waals surface area contributed by atoms with Crippen LogP contribution in [-0.4, -0.2) is 22.8 Å². The fourth-order valence-corrected chi connectivity index (χ4v) is 2.21. The summed E-state index contributed by atoms with van der Waals surface area (Å²) in [7, 11) is 3.18. The molecule has 0 unspecified atom stereocenters. The van der Waals surface area contributed by atoms with E-state index in [1.807, 2.05) is 6.92 Å². The van der Waals surface area contributed by atoms with Crippen LogP contribution in [0.25, 0.3) is 0 Å². The molecule has 21 heavy (non-hydrogen) atoms. The summed E-state index contributed by atoms with van der Waals surface area (Å²) in [5.41, 5.74) is 8.53. The molecule has 1 amide bonds. The maximum Gasteiger partial charge on any atom is 0.276 e. The lowest BCUT2D eigenvalue weighted by Gasteiger charge is -2.12. The van der Waals surface area contributed by atoms with Crippen molar-refractivity contribution >= 4 is 28.9 Å². The fourth-order valence-electron chi connectivity index (χ4n) is 2.06. The van der Waals surface area contributed by atoms with Gasteiger partial charge < -0.3 is 15.8 Å². The molecule has 1 aromatic carbocycles. The monoisotopic (exact) mass is 308 g/mol. The number of anilines is 2. The van der Waals surface area contributed by atoms with Crippen molar-refractivity contribution in [2.24, 2.45) is 7.05 Å². The number of ether oxygens (including phenoxy) is 1. The average molecular weight is 309 g/mol. The molecule has 0 atom stereocenters. The van der Waals surface area contributed by atoms with Crippen LogP contribution >= 0.6 is 11.6 Å². The topological polar surface area (TPSA) is 82.2 Å². The van der Waals surface area contributed by atoms with Crippen LogP contribution in [0, 0.1) is 13.8 Å². The van der Waals surface area contributed by atoms with Gasteiger partial charge in [0, 0.05) is 18.1 Å². The number of benzene rings is 1. The van der Waals surface area contributed by atoms with Crippen LogP contribution < -0.4 is 15.8 Å². The van der Waals surface area contributed by atoms with E-state index in [9.17, 15) is 4.79 Å². The van der Waals surface area contributed by atoms with Gasteiger partial charge in [-0.25, -0.2) is 0 Å². The molecule has 2 rings (SSSR count). The van der Waals surface area contributed by atoms with Crippen molar-refractivity contribution in [2.75, 3.05) is 18.2 Å². The number of hydrogen-bond acceptors (Lipinski definition) is 4. The van der Waals surface area contributed by atoms with E-state index in [0.29, 0.717) is 33.5 Å². The second-order valence-corrected chi connectivity index (χ2v) is 5.13. The fraction of sp³-hybridized carbons (Fsp3) is 0.286. The van der Waals surface area contributed by atoms with Gasteiger partial charge in [0.1, 0.15) is 11.4 Å². The Bertz CT molecular complexity index is 709. The summed E-state index contributed by atoms with van der Waals surface area (Å²) < 4.78 is 6.68. The van der Waals surface area contributed by atoms with Crippen molar-refractivity contribution < 1.29 is 9.53 Å². The molecule has 112 valence electrons. The number of aromatic nitrogens is 2. The molecule has 0 saturated carbocycles. The zero-order valence-corrected chi connectivity index (χ0v) is 13.1. The minimum atomic E-state index is -0.351. The van der Waals surface area contributed by atoms with Gasteiger partial charge in [-0.1, -0.05) is 11.6 Å². The SMILES string of the molecule is COc1cc(Cl)c(C)cc1NC(=O)c1c(N)c(C)nn1C. The van der Waals surface area contributed by atoms with Gasteiger partial charge in [-0.15, -0.1) is 0 Å². The van der Waals surface area contributed by atoms with E-state index < -0.39 is 0 Å². The Morgan fingerprint density at radius 2 is 2.10 bits per heavy atom. The summed E-state index contributed by atoms with van der Waals surface area (Å²) in [6.07, 6.45) is 0. The number of amides is 1. The van der Waals surface area contributed by atoms with Gasteiger partial charge >= 0.3 is 0 Å². The molecule has 1 heterocycles. The highest BCUT2D eigenvalue weighted by molar-refractivity contribution is 6.31. The van der Waals surface area contributed by atoms with E-state index in [0.717, 1.165) is 5.56 Å². The van der Waals surface area contributed by atoms with Crippen LogP contribution in [0.4, 0.5) is 11.4 Å². The smallest absolute Gasteiger partial charge is 0.276 e. The summed E-state index contributed by atoms with van der Waals surface area (Å²) in [4.78, 5) is 12.4. The second-order valence-electron chi connectivity index (χ2n) is 4.73. The lowest BCUT2D eigenvalue weighted by molar-refractivity contribution is 0.101. The van der Waals surface area contributed by atoms with Crippen molar-refractivity contribution in [3.8, 4) is 5.75 Å². The number of carbonyl (C=O) groups excluding carboxylic acids is 1. The van der Waals surface area contributed by atoms with Crippen LogP contribution in [0.5, 0.6) is 5.75 Å². The first kappa shape index (κ1) is 15.2. The molecule has 0 aliphatic rings. The predicted molar refractivity (Wildman–Crippen MR) is 83.1 cm³/mol. The predicted octanol–water partition coefficient (Wildman–Crippen LogP) is 2.53. The Balaban J connectivity index is 2.38. The van der Waals surface area contributed by atoms with E-state index in [2.05, 4.69) is 10.4 Å². The van der Waals surface area contributed by atoms with Crippen LogP contribution in [0.3, 0.4) is 0 Å². The number of halogens is 1. The summed E-state index contributed by atoms with van der Waals surface area (Å²) in [6.45, 7) is 3.60. The second kappa shape index (κ2) is 5.65. The van der Waals surface area contributed by atoms with E-state index >= 15 is 0 Å². The van der Waals surface area contributed by atoms with Gasteiger partial charge in [0.25, 0.3) is 5.91 Å². The third-order valence-electron chi connectivity index (χ3n) is 3.21. The number of methoxy groups -OCH3 is 1. The number of carbonyl (C=O) groups is 1. The molecule has 7 heteroatoms. The van der Waals surface area contributed by atoms with Crippen molar-refractivity contribution in [1.82, 2.24) is 9.78 Å². The summed E-state index contributed by atoms with van der Waals surface area (Å²) in [6, 6.07) is 3.41. The molecule has 0 fully saturated rings. The lowest BCUT2D eigenvalue weighted by Crippen LogP contribution is -2.18. The minimum Gasteiger partial charge on any atom is -0.495 e. The molecule has 1 aromatic heterocycles. The molecule has 0 bridgehead atoms. The van der Waals surface area contributed by atoms with E-state index in [1.54, 1.807) is 26.1 Å². The van der Waals surface area contributed by atoms with E-state index in [1.165, 1.54) is 11.8 Å². The number of hydrogen-bond donors (Lipinski definition) is 2. The molecule has 0 radical (unpaired) electrons. The van der Waals surface area contributed by atoms with Crippen molar-refractivity contribution in [3.63, 3.8) is 0 Å². The molecular formula is C14H17ClN4O2. The van der Waals surface area contributed by atoms with Crippen molar-refractivity contribution in [3.05, 3.63) is 34.1 Å². The molecule has 2 aromatic rings. The van der Waals surface area contributed by atoms with Crippen molar-refractivity contribution in [1.29, 1.82) is 0 Å². The number of nitrogens with zero attached hydrogens (tertiary/aromatic N) is 2. The first-order valence-corrected chi connectivity index (χ1v) is 6.67. The highest BCUT2D eigenvalue weighted by Crippen LogP contribution is 2.31. The zero-order valence-electron chi connectivity index (χ0n) is 12.3. The summed E-state index contributed by atoms with van der Waals surface area (Å²) in [5, 5.41) is 7.47. The Morgan fingerprint density at radius 1 is 1.43 bits per heavy atom. The lowest BCUT2D eigenvalue weighted by atomic mass is 10.2. The Hall–Kier alpha value is -2.21. The van der Waals surface area contributed by atoms with E-state index in [-0.39, 0.29) is 5.91 Å². The molecule has 0 spiro atoms. The number of rotatable bonds is 3. The minimum absolute atomic E-state index is 0.308. The van der Waals surface area contributed by atoms with Gasteiger partial charge in [-0.3, -0.25) is 9.48 Å². The van der Waals surface area contributed by atoms with Crippen LogP contribution in [0.1, 0.15) is 21.7 Å². The van der Waals surface area contributed by atoms with Crippen LogP contribution in [0.15, 0.2) is 12.1 Å². The zero-order chi connectivity index (χ0) is 15.7. The highest BCUT2D eigenvalue weighted by Gasteiger charge is 2.19. The van der Waals surface area contributed by atoms with Crippen LogP contribution in [0.2, 0.25) is 5.02 Å². The van der Waals surface area contributed by atoms with Crippen molar-refractivity contribution in [2.45, 2.75) is 13.8 Å². The molecular weight excluding hydrogens is 292 g/mol. The molecule has 0 aliphatic heterocycles. The first-order chi connectivity index (χ1) is 9.85. The maximum atomic E-state index is 12.4. The Morgan fingerprint density at radius 3 is 2.62 bits per heavy atom. The van der Waals surface area contributed by atoms with E-state index in [4.69, 9.17) is 22.1 Å². The average Bonchev–Trinajstić information content (AvgIpc) is 2.67. The Kier molecular flexibility index (Phi) is 4.09. The normalized spacial score (nSPS) is 10.5. The maximum absolute atomic E-state index is 12.4. The third-order valence-corrected chi connectivity index (χ3v) is 3.62. The van der Waals surface area contributed by atoms with Gasteiger partial charge in [0.15, 0.2) is 0 Å². The number of nitrogens with two attached hydrogens (primary N) is 1. The Labute approximate surface area is 127 Å². The van der Waals surface area contributed by atoms with Gasteiger partial charge in [-0.05, 0) is 25.5 Å². The largest absolute Gasteiger partial charge is 0.495 e. The molecule has 0 saturated heterocycles. The number of nitrogens with one attached hydrogen (secondary N) is 1. The third kappa shape index (κ3) is 2.80. The van der Waals surface area contributed by atoms with Gasteiger partial charge in [-0.2, -0.15) is 5.10 Å².